The molecule has 1 amide bonds. The van der Waals surface area contributed by atoms with Gasteiger partial charge in [-0.15, -0.1) is 0 Å². The van der Waals surface area contributed by atoms with Crippen LogP contribution < -0.4 is 5.32 Å². The van der Waals surface area contributed by atoms with Crippen LogP contribution in [0.2, 0.25) is 0 Å². The summed E-state index contributed by atoms with van der Waals surface area (Å²) in [6, 6.07) is 18.0. The van der Waals surface area contributed by atoms with Crippen LogP contribution in [0.15, 0.2) is 54.6 Å². The average Bonchev–Trinajstić information content (AvgIpc) is 2.52. The first kappa shape index (κ1) is 17.2. The number of amides is 1. The molecule has 3 heteroatoms. The van der Waals surface area contributed by atoms with Crippen LogP contribution in [0.1, 0.15) is 30.0 Å². The molecule has 2 aromatic carbocycles. The van der Waals surface area contributed by atoms with Gasteiger partial charge in [0.15, 0.2) is 0 Å². The zero-order valence-corrected chi connectivity index (χ0v) is 13.9. The monoisotopic (exact) mass is 311 g/mol. The number of hydrogen-bond acceptors (Lipinski definition) is 2. The summed E-state index contributed by atoms with van der Waals surface area (Å²) < 4.78 is 0. The van der Waals surface area contributed by atoms with Crippen LogP contribution in [0.4, 0.5) is 0 Å². The van der Waals surface area contributed by atoms with Gasteiger partial charge in [0.1, 0.15) is 0 Å². The van der Waals surface area contributed by atoms with E-state index < -0.39 is 5.60 Å². The lowest BCUT2D eigenvalue weighted by atomic mass is 9.96. The highest BCUT2D eigenvalue weighted by atomic mass is 16.3. The third-order valence-corrected chi connectivity index (χ3v) is 3.91. The SMILES string of the molecule is Cc1cccc(CC(=O)NCC(C)(O)CCc2ccccc2)c1. The average molecular weight is 311 g/mol. The van der Waals surface area contributed by atoms with Gasteiger partial charge in [-0.05, 0) is 37.8 Å². The van der Waals surface area contributed by atoms with Crippen molar-refractivity contribution in [3.05, 3.63) is 71.3 Å². The quantitative estimate of drug-likeness (QED) is 0.826. The summed E-state index contributed by atoms with van der Waals surface area (Å²) in [5.74, 6) is -0.0596. The van der Waals surface area contributed by atoms with E-state index in [1.165, 1.54) is 5.56 Å². The number of carbonyl (C=O) groups is 1. The Morgan fingerprint density at radius 2 is 1.78 bits per heavy atom. The fourth-order valence-electron chi connectivity index (χ4n) is 2.51. The topological polar surface area (TPSA) is 49.3 Å². The van der Waals surface area contributed by atoms with Crippen LogP contribution in [-0.2, 0) is 17.6 Å². The molecule has 1 atom stereocenters. The Hall–Kier alpha value is -2.13. The Bertz CT molecular complexity index is 635. The molecule has 0 heterocycles. The van der Waals surface area contributed by atoms with Crippen molar-refractivity contribution in [3.8, 4) is 0 Å². The van der Waals surface area contributed by atoms with Gasteiger partial charge in [-0.3, -0.25) is 4.79 Å². The lowest BCUT2D eigenvalue weighted by Crippen LogP contribution is -2.41. The predicted molar refractivity (Wildman–Crippen MR) is 93.3 cm³/mol. The number of aryl methyl sites for hydroxylation is 2. The molecule has 1 unspecified atom stereocenters. The van der Waals surface area contributed by atoms with Crippen molar-refractivity contribution in [1.82, 2.24) is 5.32 Å². The third kappa shape index (κ3) is 6.25. The summed E-state index contributed by atoms with van der Waals surface area (Å²) in [7, 11) is 0. The maximum absolute atomic E-state index is 12.0. The van der Waals surface area contributed by atoms with Gasteiger partial charge < -0.3 is 10.4 Å². The van der Waals surface area contributed by atoms with E-state index in [2.05, 4.69) is 5.32 Å². The fourth-order valence-corrected chi connectivity index (χ4v) is 2.51. The molecule has 122 valence electrons. The third-order valence-electron chi connectivity index (χ3n) is 3.91. The van der Waals surface area contributed by atoms with Crippen molar-refractivity contribution in [2.75, 3.05) is 6.54 Å². The lowest BCUT2D eigenvalue weighted by Gasteiger charge is -2.23. The standard InChI is InChI=1S/C20H25NO2/c1-16-7-6-10-18(13-16)14-19(22)21-15-20(2,23)12-11-17-8-4-3-5-9-17/h3-10,13,23H,11-12,14-15H2,1-2H3,(H,21,22). The maximum atomic E-state index is 12.0. The van der Waals surface area contributed by atoms with Crippen molar-refractivity contribution in [1.29, 1.82) is 0 Å². The van der Waals surface area contributed by atoms with Crippen molar-refractivity contribution in [2.24, 2.45) is 0 Å². The molecule has 0 fully saturated rings. The van der Waals surface area contributed by atoms with Crippen molar-refractivity contribution < 1.29 is 9.90 Å². The smallest absolute Gasteiger partial charge is 0.224 e. The molecule has 0 saturated heterocycles. The number of benzene rings is 2. The van der Waals surface area contributed by atoms with E-state index in [1.807, 2.05) is 61.5 Å². The van der Waals surface area contributed by atoms with Gasteiger partial charge >= 0.3 is 0 Å². The van der Waals surface area contributed by atoms with E-state index in [0.29, 0.717) is 12.8 Å². The molecular weight excluding hydrogens is 286 g/mol. The molecule has 0 bridgehead atoms. The van der Waals surface area contributed by atoms with Gasteiger partial charge in [0, 0.05) is 6.54 Å². The Kier molecular flexibility index (Phi) is 5.94. The van der Waals surface area contributed by atoms with E-state index in [9.17, 15) is 9.90 Å². The summed E-state index contributed by atoms with van der Waals surface area (Å²) in [6.45, 7) is 4.04. The number of rotatable bonds is 7. The molecule has 0 saturated carbocycles. The first-order valence-electron chi connectivity index (χ1n) is 8.03. The van der Waals surface area contributed by atoms with E-state index in [1.54, 1.807) is 6.92 Å². The van der Waals surface area contributed by atoms with E-state index in [0.717, 1.165) is 17.5 Å². The zero-order valence-electron chi connectivity index (χ0n) is 13.9. The fraction of sp³-hybridized carbons (Fsp3) is 0.350. The van der Waals surface area contributed by atoms with Gasteiger partial charge in [-0.2, -0.15) is 0 Å². The van der Waals surface area contributed by atoms with Crippen molar-refractivity contribution in [3.63, 3.8) is 0 Å². The van der Waals surface area contributed by atoms with Gasteiger partial charge in [0.25, 0.3) is 0 Å². The molecule has 0 radical (unpaired) electrons. The molecular formula is C20H25NO2. The second kappa shape index (κ2) is 7.93. The summed E-state index contributed by atoms with van der Waals surface area (Å²) >= 11 is 0. The summed E-state index contributed by atoms with van der Waals surface area (Å²) in [5, 5.41) is 13.3. The molecule has 0 aliphatic heterocycles. The van der Waals surface area contributed by atoms with Crippen LogP contribution in [0.3, 0.4) is 0 Å². The zero-order chi connectivity index (χ0) is 16.7. The van der Waals surface area contributed by atoms with Gasteiger partial charge in [0.05, 0.1) is 12.0 Å². The first-order chi connectivity index (χ1) is 10.9. The van der Waals surface area contributed by atoms with Crippen LogP contribution in [0, 0.1) is 6.92 Å². The Labute approximate surface area is 138 Å². The molecule has 0 aromatic heterocycles. The van der Waals surface area contributed by atoms with Crippen LogP contribution in [0.5, 0.6) is 0 Å². The number of nitrogens with one attached hydrogen (secondary N) is 1. The number of hydrogen-bond donors (Lipinski definition) is 2. The van der Waals surface area contributed by atoms with E-state index in [4.69, 9.17) is 0 Å². The van der Waals surface area contributed by atoms with E-state index >= 15 is 0 Å². The molecule has 0 aliphatic rings. The van der Waals surface area contributed by atoms with Gasteiger partial charge in [-0.25, -0.2) is 0 Å². The summed E-state index contributed by atoms with van der Waals surface area (Å²) in [6.07, 6.45) is 1.75. The minimum absolute atomic E-state index is 0.0596. The maximum Gasteiger partial charge on any atom is 0.224 e. The lowest BCUT2D eigenvalue weighted by molar-refractivity contribution is -0.121. The molecule has 2 aromatic rings. The number of aliphatic hydroxyl groups is 1. The highest BCUT2D eigenvalue weighted by Crippen LogP contribution is 2.13. The van der Waals surface area contributed by atoms with Crippen LogP contribution in [-0.4, -0.2) is 23.2 Å². The molecule has 23 heavy (non-hydrogen) atoms. The Morgan fingerprint density at radius 1 is 1.09 bits per heavy atom. The predicted octanol–water partition coefficient (Wildman–Crippen LogP) is 3.04. The summed E-state index contributed by atoms with van der Waals surface area (Å²) in [4.78, 5) is 12.0. The van der Waals surface area contributed by atoms with Crippen molar-refractivity contribution in [2.45, 2.75) is 38.7 Å². The highest BCUT2D eigenvalue weighted by molar-refractivity contribution is 5.78. The largest absolute Gasteiger partial charge is 0.388 e. The first-order valence-corrected chi connectivity index (χ1v) is 8.03. The minimum Gasteiger partial charge on any atom is -0.388 e. The molecule has 0 spiro atoms. The molecule has 2 N–H and O–H groups in total. The van der Waals surface area contributed by atoms with Crippen LogP contribution in [0.25, 0.3) is 0 Å². The van der Waals surface area contributed by atoms with E-state index in [-0.39, 0.29) is 12.5 Å². The van der Waals surface area contributed by atoms with Crippen molar-refractivity contribution >= 4 is 5.91 Å². The Morgan fingerprint density at radius 3 is 2.48 bits per heavy atom. The molecule has 0 aliphatic carbocycles. The second-order valence-corrected chi connectivity index (χ2v) is 6.43. The number of carbonyl (C=O) groups excluding carboxylic acids is 1. The molecule has 3 nitrogen and oxygen atoms in total. The normalized spacial score (nSPS) is 13.3. The second-order valence-electron chi connectivity index (χ2n) is 6.43. The summed E-state index contributed by atoms with van der Waals surface area (Å²) in [5.41, 5.74) is 2.42. The highest BCUT2D eigenvalue weighted by Gasteiger charge is 2.21. The minimum atomic E-state index is -0.905. The Balaban J connectivity index is 1.78. The van der Waals surface area contributed by atoms with Crippen LogP contribution >= 0.6 is 0 Å². The van der Waals surface area contributed by atoms with Gasteiger partial charge in [-0.1, -0.05) is 60.2 Å². The molecule has 2 rings (SSSR count). The van der Waals surface area contributed by atoms with Gasteiger partial charge in [0.2, 0.25) is 5.91 Å².